The number of hydrogen-bond donors (Lipinski definition) is 2. The quantitative estimate of drug-likeness (QED) is 0.788. The summed E-state index contributed by atoms with van der Waals surface area (Å²) in [6, 6.07) is 3.66. The number of rotatable bonds is 3. The van der Waals surface area contributed by atoms with Gasteiger partial charge in [-0.1, -0.05) is 6.07 Å². The highest BCUT2D eigenvalue weighted by Crippen LogP contribution is 2.42. The first kappa shape index (κ1) is 17.6. The van der Waals surface area contributed by atoms with Gasteiger partial charge in [0.15, 0.2) is 5.76 Å². The van der Waals surface area contributed by atoms with Gasteiger partial charge in [-0.15, -0.1) is 0 Å². The molecule has 2 heterocycles. The van der Waals surface area contributed by atoms with E-state index < -0.39 is 41.4 Å². The number of nitrogens with two attached hydrogens (primary N) is 1. The molecule has 0 bridgehead atoms. The van der Waals surface area contributed by atoms with Crippen molar-refractivity contribution in [2.75, 3.05) is 7.11 Å². The predicted molar refractivity (Wildman–Crippen MR) is 83.0 cm³/mol. The lowest BCUT2D eigenvalue weighted by Crippen LogP contribution is -2.30. The van der Waals surface area contributed by atoms with Crippen LogP contribution in [0.15, 0.2) is 44.9 Å². The molecule has 3 N–H and O–H groups in total. The Morgan fingerprint density at radius 3 is 2.69 bits per heavy atom. The number of halogens is 2. The molecule has 1 atom stereocenters. The standard InChI is InChI=1S/C17H13F2NO6/c1-24-17(23)13-12(9-3-2-7(18)4-10(9)19)15-14(26-16(13)20)11(22)5-8(6-21)25-15/h2-5,12,21H,6,20H2,1H3. The predicted octanol–water partition coefficient (Wildman–Crippen LogP) is 1.28. The van der Waals surface area contributed by atoms with Crippen molar-refractivity contribution in [1.29, 1.82) is 0 Å². The monoisotopic (exact) mass is 365 g/mol. The minimum atomic E-state index is -1.33. The zero-order chi connectivity index (χ0) is 19.0. The maximum absolute atomic E-state index is 14.4. The second-order valence-electron chi connectivity index (χ2n) is 5.40. The zero-order valence-electron chi connectivity index (χ0n) is 13.4. The van der Waals surface area contributed by atoms with E-state index in [1.807, 2.05) is 0 Å². The number of hydrogen-bond acceptors (Lipinski definition) is 7. The van der Waals surface area contributed by atoms with E-state index in [2.05, 4.69) is 4.74 Å². The number of benzene rings is 1. The van der Waals surface area contributed by atoms with E-state index in [1.165, 1.54) is 0 Å². The Labute approximate surface area is 145 Å². The summed E-state index contributed by atoms with van der Waals surface area (Å²) in [4.78, 5) is 24.4. The number of aliphatic hydroxyl groups excluding tert-OH is 1. The molecule has 26 heavy (non-hydrogen) atoms. The Morgan fingerprint density at radius 2 is 2.08 bits per heavy atom. The minimum absolute atomic E-state index is 0.130. The van der Waals surface area contributed by atoms with Crippen LogP contribution in [0.3, 0.4) is 0 Å². The second-order valence-corrected chi connectivity index (χ2v) is 5.40. The van der Waals surface area contributed by atoms with Crippen LogP contribution < -0.4 is 15.9 Å². The summed E-state index contributed by atoms with van der Waals surface area (Å²) in [5.41, 5.74) is 4.56. The molecule has 7 nitrogen and oxygen atoms in total. The Morgan fingerprint density at radius 1 is 1.35 bits per heavy atom. The number of aliphatic hydroxyl groups is 1. The third-order valence-corrected chi connectivity index (χ3v) is 3.84. The van der Waals surface area contributed by atoms with Crippen molar-refractivity contribution in [1.82, 2.24) is 0 Å². The first-order chi connectivity index (χ1) is 12.4. The highest BCUT2D eigenvalue weighted by atomic mass is 19.1. The summed E-state index contributed by atoms with van der Waals surface area (Å²) >= 11 is 0. The van der Waals surface area contributed by atoms with Gasteiger partial charge in [0.1, 0.15) is 29.6 Å². The Bertz CT molecular complexity index is 982. The lowest BCUT2D eigenvalue weighted by molar-refractivity contribution is -0.136. The fraction of sp³-hybridized carbons (Fsp3) is 0.176. The molecule has 1 aliphatic rings. The third-order valence-electron chi connectivity index (χ3n) is 3.84. The lowest BCUT2D eigenvalue weighted by Gasteiger charge is -2.26. The molecular weight excluding hydrogens is 352 g/mol. The van der Waals surface area contributed by atoms with Gasteiger partial charge in [0.2, 0.25) is 17.1 Å². The molecule has 0 saturated heterocycles. The van der Waals surface area contributed by atoms with Crippen molar-refractivity contribution >= 4 is 5.97 Å². The topological polar surface area (TPSA) is 112 Å². The summed E-state index contributed by atoms with van der Waals surface area (Å²) in [6.45, 7) is -0.617. The summed E-state index contributed by atoms with van der Waals surface area (Å²) in [5, 5.41) is 9.26. The van der Waals surface area contributed by atoms with Crippen molar-refractivity contribution < 1.29 is 32.6 Å². The lowest BCUT2D eigenvalue weighted by atomic mass is 9.86. The Kier molecular flexibility index (Phi) is 4.47. The molecule has 0 radical (unpaired) electrons. The van der Waals surface area contributed by atoms with Crippen LogP contribution in [0.1, 0.15) is 23.0 Å². The van der Waals surface area contributed by atoms with E-state index in [0.717, 1.165) is 25.3 Å². The van der Waals surface area contributed by atoms with Gasteiger partial charge < -0.3 is 24.7 Å². The minimum Gasteiger partial charge on any atom is -0.465 e. The van der Waals surface area contributed by atoms with Crippen molar-refractivity contribution in [3.8, 4) is 5.75 Å². The van der Waals surface area contributed by atoms with Crippen molar-refractivity contribution in [2.24, 2.45) is 5.73 Å². The van der Waals surface area contributed by atoms with Gasteiger partial charge >= 0.3 is 5.97 Å². The average molecular weight is 365 g/mol. The largest absolute Gasteiger partial charge is 0.465 e. The van der Waals surface area contributed by atoms with Gasteiger partial charge in [0.05, 0.1) is 13.0 Å². The van der Waals surface area contributed by atoms with Crippen molar-refractivity contribution in [2.45, 2.75) is 12.5 Å². The number of carbonyl (C=O) groups is 1. The summed E-state index contributed by atoms with van der Waals surface area (Å²) in [6.07, 6.45) is 0. The van der Waals surface area contributed by atoms with Crippen LogP contribution in [0.5, 0.6) is 5.75 Å². The molecular formula is C17H13F2NO6. The smallest absolute Gasteiger partial charge is 0.340 e. The van der Waals surface area contributed by atoms with Crippen LogP contribution in [0.4, 0.5) is 8.78 Å². The average Bonchev–Trinajstić information content (AvgIpc) is 2.61. The third kappa shape index (κ3) is 2.82. The Hall–Kier alpha value is -3.20. The number of methoxy groups -OCH3 is 1. The summed E-state index contributed by atoms with van der Waals surface area (Å²) in [5.74, 6) is -5.31. The Balaban J connectivity index is 2.34. The van der Waals surface area contributed by atoms with E-state index in [1.54, 1.807) is 0 Å². The van der Waals surface area contributed by atoms with E-state index >= 15 is 0 Å². The van der Waals surface area contributed by atoms with Gasteiger partial charge in [0, 0.05) is 17.7 Å². The first-order valence-electron chi connectivity index (χ1n) is 7.35. The van der Waals surface area contributed by atoms with E-state index in [4.69, 9.17) is 14.9 Å². The maximum Gasteiger partial charge on any atom is 0.340 e. The molecule has 0 amide bonds. The van der Waals surface area contributed by atoms with Crippen LogP contribution in [-0.2, 0) is 16.1 Å². The van der Waals surface area contributed by atoms with Gasteiger partial charge in [-0.3, -0.25) is 4.79 Å². The van der Waals surface area contributed by atoms with Crippen molar-refractivity contribution in [3.05, 3.63) is 74.7 Å². The molecule has 0 fully saturated rings. The molecule has 3 rings (SSSR count). The van der Waals surface area contributed by atoms with Gasteiger partial charge in [0.25, 0.3) is 0 Å². The maximum atomic E-state index is 14.4. The molecule has 0 saturated carbocycles. The number of fused-ring (bicyclic) bond motifs is 1. The number of esters is 1. The zero-order valence-corrected chi connectivity index (χ0v) is 13.4. The summed E-state index contributed by atoms with van der Waals surface area (Å²) < 4.78 is 43.0. The normalized spacial score (nSPS) is 16.1. The molecule has 1 unspecified atom stereocenters. The number of ether oxygens (including phenoxy) is 2. The van der Waals surface area contributed by atoms with E-state index in [0.29, 0.717) is 6.07 Å². The first-order valence-corrected chi connectivity index (χ1v) is 7.35. The molecule has 1 aromatic carbocycles. The molecule has 136 valence electrons. The fourth-order valence-corrected chi connectivity index (χ4v) is 2.72. The van der Waals surface area contributed by atoms with E-state index in [9.17, 15) is 23.5 Å². The van der Waals surface area contributed by atoms with Gasteiger partial charge in [-0.05, 0) is 6.07 Å². The highest BCUT2D eigenvalue weighted by molar-refractivity contribution is 5.92. The van der Waals surface area contributed by atoms with Crippen molar-refractivity contribution in [3.63, 3.8) is 0 Å². The highest BCUT2D eigenvalue weighted by Gasteiger charge is 2.40. The van der Waals surface area contributed by atoms with Crippen LogP contribution >= 0.6 is 0 Å². The molecule has 1 aliphatic heterocycles. The SMILES string of the molecule is COC(=O)C1=C(N)Oc2c(oc(CO)cc2=O)C1c1ccc(F)cc1F. The second kappa shape index (κ2) is 6.60. The van der Waals surface area contributed by atoms with Gasteiger partial charge in [-0.25, -0.2) is 13.6 Å². The van der Waals surface area contributed by atoms with Crippen LogP contribution in [0.25, 0.3) is 0 Å². The molecule has 1 aromatic heterocycles. The van der Waals surface area contributed by atoms with Crippen LogP contribution in [0.2, 0.25) is 0 Å². The van der Waals surface area contributed by atoms with Crippen LogP contribution in [-0.4, -0.2) is 18.2 Å². The molecule has 9 heteroatoms. The fourth-order valence-electron chi connectivity index (χ4n) is 2.72. The molecule has 2 aromatic rings. The summed E-state index contributed by atoms with van der Waals surface area (Å²) in [7, 11) is 1.08. The van der Waals surface area contributed by atoms with Gasteiger partial charge in [-0.2, -0.15) is 0 Å². The number of carbonyl (C=O) groups excluding carboxylic acids is 1. The molecule has 0 spiro atoms. The molecule has 0 aliphatic carbocycles. The van der Waals surface area contributed by atoms with E-state index in [-0.39, 0.29) is 28.4 Å². The van der Waals surface area contributed by atoms with Crippen LogP contribution in [0, 0.1) is 11.6 Å².